The molecule has 0 aromatic carbocycles. The third-order valence-electron chi connectivity index (χ3n) is 6.76. The lowest BCUT2D eigenvalue weighted by Gasteiger charge is -2.36. The van der Waals surface area contributed by atoms with Gasteiger partial charge in [0.25, 0.3) is 0 Å². The fraction of sp³-hybridized carbons (Fsp3) is 0.652. The third-order valence-corrected chi connectivity index (χ3v) is 6.76. The van der Waals surface area contributed by atoms with Gasteiger partial charge >= 0.3 is 0 Å². The lowest BCUT2D eigenvalue weighted by Crippen LogP contribution is -2.47. The number of anilines is 1. The van der Waals surface area contributed by atoms with Crippen molar-refractivity contribution in [3.05, 3.63) is 24.6 Å². The maximum Gasteiger partial charge on any atom is 0.139 e. The summed E-state index contributed by atoms with van der Waals surface area (Å²) in [7, 11) is 0. The first-order valence-electron chi connectivity index (χ1n) is 11.1. The summed E-state index contributed by atoms with van der Waals surface area (Å²) < 4.78 is 5.51. The van der Waals surface area contributed by atoms with Crippen molar-refractivity contribution >= 4 is 22.6 Å². The molecule has 3 heterocycles. The van der Waals surface area contributed by atoms with E-state index in [9.17, 15) is 4.79 Å². The second-order valence-electron chi connectivity index (χ2n) is 8.69. The highest BCUT2D eigenvalue weighted by molar-refractivity contribution is 5.88. The molecule has 158 valence electrons. The second kappa shape index (κ2) is 9.72. The van der Waals surface area contributed by atoms with Gasteiger partial charge in [0.1, 0.15) is 17.2 Å². The van der Waals surface area contributed by atoms with Gasteiger partial charge in [-0.3, -0.25) is 9.69 Å². The average molecular weight is 400 g/mol. The number of piperazine rings is 1. The van der Waals surface area contributed by atoms with E-state index in [1.807, 2.05) is 18.3 Å². The first kappa shape index (κ1) is 20.4. The Morgan fingerprint density at radius 3 is 2.62 bits per heavy atom. The molecular formula is C23H33N3O3. The van der Waals surface area contributed by atoms with Gasteiger partial charge in [0.15, 0.2) is 0 Å². The molecule has 1 aliphatic heterocycles. The molecular weight excluding hydrogens is 366 g/mol. The Kier molecular flexibility index (Phi) is 6.82. The average Bonchev–Trinajstić information content (AvgIpc) is 3.23. The summed E-state index contributed by atoms with van der Waals surface area (Å²) in [5.74, 6) is 2.63. The van der Waals surface area contributed by atoms with Gasteiger partial charge in [-0.2, -0.15) is 0 Å². The zero-order valence-corrected chi connectivity index (χ0v) is 17.3. The van der Waals surface area contributed by atoms with Gasteiger partial charge in [-0.1, -0.05) is 12.8 Å². The molecule has 6 heteroatoms. The smallest absolute Gasteiger partial charge is 0.139 e. The number of aliphatic hydroxyl groups excluding tert-OH is 1. The zero-order valence-electron chi connectivity index (χ0n) is 17.3. The summed E-state index contributed by atoms with van der Waals surface area (Å²) in [6, 6.07) is 3.93. The van der Waals surface area contributed by atoms with Gasteiger partial charge in [-0.25, -0.2) is 4.98 Å². The topological polar surface area (TPSA) is 69.8 Å². The number of ketones is 1. The summed E-state index contributed by atoms with van der Waals surface area (Å²) in [5.41, 5.74) is 0.908. The van der Waals surface area contributed by atoms with Crippen molar-refractivity contribution in [1.29, 1.82) is 0 Å². The highest BCUT2D eigenvalue weighted by Gasteiger charge is 2.25. The lowest BCUT2D eigenvalue weighted by atomic mass is 9.78. The van der Waals surface area contributed by atoms with Crippen LogP contribution in [-0.2, 0) is 4.79 Å². The normalized spacial score (nSPS) is 23.6. The molecule has 2 aromatic heterocycles. The molecule has 1 saturated carbocycles. The van der Waals surface area contributed by atoms with Gasteiger partial charge in [0.2, 0.25) is 0 Å². The van der Waals surface area contributed by atoms with E-state index in [2.05, 4.69) is 14.8 Å². The lowest BCUT2D eigenvalue weighted by molar-refractivity contribution is -0.120. The van der Waals surface area contributed by atoms with Crippen LogP contribution >= 0.6 is 0 Å². The number of hydrogen-bond donors (Lipinski definition) is 1. The van der Waals surface area contributed by atoms with Crippen molar-refractivity contribution in [2.75, 3.05) is 44.2 Å². The third kappa shape index (κ3) is 5.17. The first-order chi connectivity index (χ1) is 14.2. The van der Waals surface area contributed by atoms with Crippen molar-refractivity contribution in [1.82, 2.24) is 9.88 Å². The molecule has 0 unspecified atom stereocenters. The van der Waals surface area contributed by atoms with E-state index >= 15 is 0 Å². The predicted octanol–water partition coefficient (Wildman–Crippen LogP) is 3.49. The minimum Gasteiger partial charge on any atom is -0.464 e. The van der Waals surface area contributed by atoms with Gasteiger partial charge in [-0.15, -0.1) is 0 Å². The number of aliphatic hydroxyl groups is 1. The van der Waals surface area contributed by atoms with Crippen molar-refractivity contribution < 1.29 is 14.3 Å². The quantitative estimate of drug-likeness (QED) is 0.733. The first-order valence-corrected chi connectivity index (χ1v) is 11.1. The minimum atomic E-state index is -0.00523. The van der Waals surface area contributed by atoms with Crippen molar-refractivity contribution in [2.45, 2.75) is 44.9 Å². The summed E-state index contributed by atoms with van der Waals surface area (Å²) >= 11 is 0. The van der Waals surface area contributed by atoms with E-state index < -0.39 is 0 Å². The maximum absolute atomic E-state index is 11.7. The SMILES string of the molecule is O=C(CCO)CC1CCC(CCN2CCN(c3nccc4occc34)CC2)CC1. The summed E-state index contributed by atoms with van der Waals surface area (Å²) in [5, 5.41) is 9.99. The Bertz CT molecular complexity index is 790. The predicted molar refractivity (Wildman–Crippen MR) is 114 cm³/mol. The van der Waals surface area contributed by atoms with E-state index in [0.717, 1.165) is 48.9 Å². The van der Waals surface area contributed by atoms with Crippen molar-refractivity contribution in [3.8, 4) is 0 Å². The molecule has 6 nitrogen and oxygen atoms in total. The van der Waals surface area contributed by atoms with Crippen LogP contribution in [0.25, 0.3) is 11.0 Å². The van der Waals surface area contributed by atoms with Gasteiger partial charge in [0.05, 0.1) is 11.6 Å². The number of Topliss-reactive ketones (excluding diaryl/α,β-unsaturated/α-hetero) is 1. The van der Waals surface area contributed by atoms with Gasteiger partial charge in [0, 0.05) is 51.8 Å². The van der Waals surface area contributed by atoms with Gasteiger partial charge < -0.3 is 14.4 Å². The monoisotopic (exact) mass is 399 g/mol. The number of aromatic nitrogens is 1. The standard InChI is InChI=1S/C23H33N3O3/c27-15-7-20(28)17-19-3-1-18(2-4-19)6-10-25-11-13-26(14-12-25)23-21-8-16-29-22(21)5-9-24-23/h5,8-9,16,18-19,27H,1-4,6-7,10-15,17H2. The molecule has 0 atom stereocenters. The molecule has 0 radical (unpaired) electrons. The Labute approximate surface area is 172 Å². The van der Waals surface area contributed by atoms with E-state index in [4.69, 9.17) is 9.52 Å². The molecule has 1 N–H and O–H groups in total. The highest BCUT2D eigenvalue weighted by Crippen LogP contribution is 2.33. The van der Waals surface area contributed by atoms with Crippen molar-refractivity contribution in [3.63, 3.8) is 0 Å². The van der Waals surface area contributed by atoms with Gasteiger partial charge in [-0.05, 0) is 49.8 Å². The van der Waals surface area contributed by atoms with Crippen LogP contribution in [0.5, 0.6) is 0 Å². The molecule has 0 spiro atoms. The number of nitrogens with zero attached hydrogens (tertiary/aromatic N) is 3. The van der Waals surface area contributed by atoms with E-state index in [1.165, 1.54) is 38.6 Å². The largest absolute Gasteiger partial charge is 0.464 e. The molecule has 29 heavy (non-hydrogen) atoms. The Balaban J connectivity index is 1.17. The van der Waals surface area contributed by atoms with Crippen LogP contribution in [0.4, 0.5) is 5.82 Å². The number of furan rings is 1. The van der Waals surface area contributed by atoms with Crippen LogP contribution in [0.15, 0.2) is 29.0 Å². The molecule has 0 amide bonds. The van der Waals surface area contributed by atoms with Crippen LogP contribution in [-0.4, -0.2) is 60.1 Å². The van der Waals surface area contributed by atoms with Crippen molar-refractivity contribution in [2.24, 2.45) is 11.8 Å². The minimum absolute atomic E-state index is 0.00523. The molecule has 4 rings (SSSR count). The van der Waals surface area contributed by atoms with Crippen LogP contribution < -0.4 is 4.90 Å². The number of pyridine rings is 1. The molecule has 1 aliphatic carbocycles. The molecule has 2 aliphatic rings. The van der Waals surface area contributed by atoms with Crippen LogP contribution in [0.1, 0.15) is 44.9 Å². The highest BCUT2D eigenvalue weighted by atomic mass is 16.3. The molecule has 0 bridgehead atoms. The number of rotatable bonds is 8. The zero-order chi connectivity index (χ0) is 20.1. The summed E-state index contributed by atoms with van der Waals surface area (Å²) in [6.45, 7) is 5.36. The number of hydrogen-bond acceptors (Lipinski definition) is 6. The van der Waals surface area contributed by atoms with E-state index in [1.54, 1.807) is 6.26 Å². The van der Waals surface area contributed by atoms with Crippen LogP contribution in [0.2, 0.25) is 0 Å². The second-order valence-corrected chi connectivity index (χ2v) is 8.69. The number of fused-ring (bicyclic) bond motifs is 1. The number of carbonyl (C=O) groups is 1. The fourth-order valence-corrected chi connectivity index (χ4v) is 4.95. The van der Waals surface area contributed by atoms with Crippen LogP contribution in [0, 0.1) is 11.8 Å². The summed E-state index contributed by atoms with van der Waals surface area (Å²) in [6.07, 6.45) is 10.7. The Morgan fingerprint density at radius 2 is 1.86 bits per heavy atom. The Morgan fingerprint density at radius 1 is 1.10 bits per heavy atom. The van der Waals surface area contributed by atoms with Crippen LogP contribution in [0.3, 0.4) is 0 Å². The molecule has 1 saturated heterocycles. The fourth-order valence-electron chi connectivity index (χ4n) is 4.95. The van der Waals surface area contributed by atoms with E-state index in [-0.39, 0.29) is 12.4 Å². The molecule has 2 fully saturated rings. The summed E-state index contributed by atoms with van der Waals surface area (Å²) in [4.78, 5) is 21.3. The Hall–Kier alpha value is -1.92. The molecule has 2 aromatic rings. The maximum atomic E-state index is 11.7. The van der Waals surface area contributed by atoms with E-state index in [0.29, 0.717) is 18.8 Å². The number of carbonyl (C=O) groups excluding carboxylic acids is 1.